The summed E-state index contributed by atoms with van der Waals surface area (Å²) in [4.78, 5) is 19.5. The predicted octanol–water partition coefficient (Wildman–Crippen LogP) is 5.94. The van der Waals surface area contributed by atoms with Gasteiger partial charge in [0.15, 0.2) is 0 Å². The molecule has 0 aliphatic carbocycles. The van der Waals surface area contributed by atoms with Gasteiger partial charge in [-0.05, 0) is 63.8 Å². The summed E-state index contributed by atoms with van der Waals surface area (Å²) in [6.45, 7) is 7.66. The number of ether oxygens (including phenoxy) is 1. The Morgan fingerprint density at radius 2 is 1.91 bits per heavy atom. The minimum absolute atomic E-state index is 0.0622. The Bertz CT molecular complexity index is 1090. The summed E-state index contributed by atoms with van der Waals surface area (Å²) in [6.07, 6.45) is 2.80. The molecule has 4 rings (SSSR count). The molecule has 1 aliphatic rings. The second-order valence-electron chi connectivity index (χ2n) is 9.31. The van der Waals surface area contributed by atoms with E-state index in [2.05, 4.69) is 16.0 Å². The highest BCUT2D eigenvalue weighted by Gasteiger charge is 2.30. The third kappa shape index (κ3) is 5.18. The van der Waals surface area contributed by atoms with Crippen LogP contribution in [-0.2, 0) is 11.3 Å². The molecule has 1 saturated heterocycles. The van der Waals surface area contributed by atoms with Gasteiger partial charge in [-0.2, -0.15) is 0 Å². The van der Waals surface area contributed by atoms with E-state index in [0.717, 1.165) is 53.4 Å². The van der Waals surface area contributed by atoms with E-state index in [1.807, 2.05) is 68.1 Å². The van der Waals surface area contributed by atoms with Crippen LogP contribution in [0.4, 0.5) is 10.7 Å². The third-order valence-corrected chi connectivity index (χ3v) is 6.06. The zero-order valence-electron chi connectivity index (χ0n) is 19.0. The fraction of sp³-hybridized carbons (Fsp3) is 0.440. The van der Waals surface area contributed by atoms with Crippen LogP contribution >= 0.6 is 11.6 Å². The summed E-state index contributed by atoms with van der Waals surface area (Å²) >= 11 is 6.44. The number of carbonyl (C=O) groups excluding carboxylic acids is 1. The first-order valence-electron chi connectivity index (χ1n) is 11.2. The van der Waals surface area contributed by atoms with E-state index in [4.69, 9.17) is 21.3 Å². The zero-order chi connectivity index (χ0) is 22.7. The normalized spacial score (nSPS) is 16.9. The largest absolute Gasteiger partial charge is 0.444 e. The SMILES string of the molecule is CC(C)(C)OC(=O)N1CCCC[C@@H]1CNc1nc2ccccc2n1Cc1ccccc1Cl. The minimum atomic E-state index is -0.505. The lowest BCUT2D eigenvalue weighted by Crippen LogP contribution is -2.49. The molecule has 6 nitrogen and oxygen atoms in total. The number of hydrogen-bond acceptors (Lipinski definition) is 4. The molecule has 1 aromatic heterocycles. The van der Waals surface area contributed by atoms with Crippen LogP contribution in [0.3, 0.4) is 0 Å². The molecule has 1 aliphatic heterocycles. The van der Waals surface area contributed by atoms with Crippen molar-refractivity contribution < 1.29 is 9.53 Å². The molecule has 32 heavy (non-hydrogen) atoms. The first-order valence-corrected chi connectivity index (χ1v) is 11.6. The zero-order valence-corrected chi connectivity index (χ0v) is 19.7. The Balaban J connectivity index is 1.56. The molecule has 7 heteroatoms. The Labute approximate surface area is 194 Å². The van der Waals surface area contributed by atoms with Crippen LogP contribution in [0, 0.1) is 0 Å². The topological polar surface area (TPSA) is 59.4 Å². The lowest BCUT2D eigenvalue weighted by Gasteiger charge is -2.36. The van der Waals surface area contributed by atoms with Gasteiger partial charge in [0.05, 0.1) is 23.6 Å². The van der Waals surface area contributed by atoms with Crippen LogP contribution < -0.4 is 5.32 Å². The number of imidazole rings is 1. The number of rotatable bonds is 5. The molecule has 1 amide bonds. The molecule has 0 spiro atoms. The quantitative estimate of drug-likeness (QED) is 0.518. The maximum atomic E-state index is 12.8. The number of hydrogen-bond donors (Lipinski definition) is 1. The Kier molecular flexibility index (Phi) is 6.60. The van der Waals surface area contributed by atoms with Crippen molar-refractivity contribution in [2.45, 2.75) is 58.2 Å². The van der Waals surface area contributed by atoms with Crippen molar-refractivity contribution in [2.24, 2.45) is 0 Å². The molecular weight excluding hydrogens is 424 g/mol. The van der Waals surface area contributed by atoms with Gasteiger partial charge in [0.2, 0.25) is 5.95 Å². The summed E-state index contributed by atoms with van der Waals surface area (Å²) in [5, 5.41) is 4.25. The van der Waals surface area contributed by atoms with Crippen LogP contribution in [-0.4, -0.2) is 45.3 Å². The lowest BCUT2D eigenvalue weighted by atomic mass is 10.0. The predicted molar refractivity (Wildman–Crippen MR) is 129 cm³/mol. The van der Waals surface area contributed by atoms with Crippen molar-refractivity contribution in [3.63, 3.8) is 0 Å². The number of benzene rings is 2. The molecule has 1 atom stereocenters. The number of carbonyl (C=O) groups is 1. The molecular formula is C25H31ClN4O2. The number of halogens is 1. The van der Waals surface area contributed by atoms with Crippen molar-refractivity contribution >= 4 is 34.7 Å². The number of fused-ring (bicyclic) bond motifs is 1. The van der Waals surface area contributed by atoms with Gasteiger partial charge < -0.3 is 19.5 Å². The molecule has 0 unspecified atom stereocenters. The number of nitrogens with zero attached hydrogens (tertiary/aromatic N) is 3. The number of likely N-dealkylation sites (tertiary alicyclic amines) is 1. The fourth-order valence-corrected chi connectivity index (χ4v) is 4.35. The van der Waals surface area contributed by atoms with E-state index >= 15 is 0 Å². The highest BCUT2D eigenvalue weighted by atomic mass is 35.5. The molecule has 170 valence electrons. The van der Waals surface area contributed by atoms with Crippen LogP contribution in [0.25, 0.3) is 11.0 Å². The first kappa shape index (κ1) is 22.5. The molecule has 2 heterocycles. The Morgan fingerprint density at radius 1 is 1.16 bits per heavy atom. The van der Waals surface area contributed by atoms with Crippen molar-refractivity contribution in [3.05, 3.63) is 59.1 Å². The highest BCUT2D eigenvalue weighted by molar-refractivity contribution is 6.31. The van der Waals surface area contributed by atoms with Gasteiger partial charge in [-0.15, -0.1) is 0 Å². The maximum Gasteiger partial charge on any atom is 0.410 e. The Morgan fingerprint density at radius 3 is 2.69 bits per heavy atom. The number of piperidine rings is 1. The monoisotopic (exact) mass is 454 g/mol. The summed E-state index contributed by atoms with van der Waals surface area (Å²) in [7, 11) is 0. The summed E-state index contributed by atoms with van der Waals surface area (Å²) in [6, 6.07) is 16.0. The average molecular weight is 455 g/mol. The van der Waals surface area contributed by atoms with E-state index in [1.165, 1.54) is 0 Å². The Hall–Kier alpha value is -2.73. The van der Waals surface area contributed by atoms with Gasteiger partial charge in [0.1, 0.15) is 5.60 Å². The number of amides is 1. The molecule has 1 N–H and O–H groups in total. The first-order chi connectivity index (χ1) is 15.3. The molecule has 2 aromatic carbocycles. The molecule has 3 aromatic rings. The summed E-state index contributed by atoms with van der Waals surface area (Å²) in [5.74, 6) is 0.779. The number of aromatic nitrogens is 2. The summed E-state index contributed by atoms with van der Waals surface area (Å²) in [5.41, 5.74) is 2.50. The van der Waals surface area contributed by atoms with Crippen LogP contribution in [0.2, 0.25) is 5.02 Å². The van der Waals surface area contributed by atoms with Crippen LogP contribution in [0.5, 0.6) is 0 Å². The van der Waals surface area contributed by atoms with Gasteiger partial charge >= 0.3 is 6.09 Å². The second-order valence-corrected chi connectivity index (χ2v) is 9.71. The van der Waals surface area contributed by atoms with E-state index in [-0.39, 0.29) is 12.1 Å². The van der Waals surface area contributed by atoms with Crippen molar-refractivity contribution in [1.29, 1.82) is 0 Å². The van der Waals surface area contributed by atoms with E-state index < -0.39 is 5.60 Å². The van der Waals surface area contributed by atoms with Crippen molar-refractivity contribution in [1.82, 2.24) is 14.5 Å². The summed E-state index contributed by atoms with van der Waals surface area (Å²) < 4.78 is 7.80. The third-order valence-electron chi connectivity index (χ3n) is 5.69. The number of anilines is 1. The smallest absolute Gasteiger partial charge is 0.410 e. The fourth-order valence-electron chi connectivity index (χ4n) is 4.15. The van der Waals surface area contributed by atoms with Gasteiger partial charge in [-0.3, -0.25) is 0 Å². The molecule has 0 saturated carbocycles. The number of para-hydroxylation sites is 2. The van der Waals surface area contributed by atoms with E-state index in [1.54, 1.807) is 0 Å². The van der Waals surface area contributed by atoms with E-state index in [0.29, 0.717) is 13.1 Å². The molecule has 1 fully saturated rings. The second kappa shape index (κ2) is 9.41. The highest BCUT2D eigenvalue weighted by Crippen LogP contribution is 2.25. The van der Waals surface area contributed by atoms with Crippen LogP contribution in [0.15, 0.2) is 48.5 Å². The van der Waals surface area contributed by atoms with Gasteiger partial charge in [0.25, 0.3) is 0 Å². The van der Waals surface area contributed by atoms with E-state index in [9.17, 15) is 4.79 Å². The van der Waals surface area contributed by atoms with Crippen LogP contribution in [0.1, 0.15) is 45.6 Å². The maximum absolute atomic E-state index is 12.8. The van der Waals surface area contributed by atoms with Gasteiger partial charge in [0, 0.05) is 18.1 Å². The average Bonchev–Trinajstić information content (AvgIpc) is 3.10. The lowest BCUT2D eigenvalue weighted by molar-refractivity contribution is 0.0114. The standard InChI is InChI=1S/C25H31ClN4O2/c1-25(2,3)32-24(31)29-15-9-8-11-19(29)16-27-23-28-21-13-6-7-14-22(21)30(23)17-18-10-4-5-12-20(18)26/h4-7,10,12-14,19H,8-9,11,15-17H2,1-3H3,(H,27,28)/t19-/m1/s1. The van der Waals surface area contributed by atoms with Gasteiger partial charge in [-0.25, -0.2) is 9.78 Å². The molecule has 0 radical (unpaired) electrons. The van der Waals surface area contributed by atoms with Crippen molar-refractivity contribution in [3.8, 4) is 0 Å². The van der Waals surface area contributed by atoms with Gasteiger partial charge in [-0.1, -0.05) is 41.9 Å². The molecule has 0 bridgehead atoms. The minimum Gasteiger partial charge on any atom is -0.444 e. The van der Waals surface area contributed by atoms with Crippen molar-refractivity contribution in [2.75, 3.05) is 18.4 Å². The number of nitrogens with one attached hydrogen (secondary N) is 1.